The number of benzene rings is 2. The number of rotatable bonds is 5. The number of halogens is 1. The third-order valence-corrected chi connectivity index (χ3v) is 5.78. The molecule has 1 amide bonds. The summed E-state index contributed by atoms with van der Waals surface area (Å²) in [7, 11) is 0. The van der Waals surface area contributed by atoms with Gasteiger partial charge in [0.15, 0.2) is 0 Å². The maximum atomic E-state index is 13.3. The highest BCUT2D eigenvalue weighted by molar-refractivity contribution is 7.99. The lowest BCUT2D eigenvalue weighted by molar-refractivity contribution is -0.149. The van der Waals surface area contributed by atoms with E-state index in [1.165, 1.54) is 0 Å². The Balaban J connectivity index is 1.92. The van der Waals surface area contributed by atoms with E-state index in [0.717, 1.165) is 5.56 Å². The molecule has 4 nitrogen and oxygen atoms in total. The second-order valence-electron chi connectivity index (χ2n) is 6.86. The molecule has 0 bridgehead atoms. The maximum Gasteiger partial charge on any atom is 0.329 e. The molecule has 1 fully saturated rings. The average molecular weight is 404 g/mol. The zero-order valence-corrected chi connectivity index (χ0v) is 16.9. The molecule has 0 aliphatic carbocycles. The van der Waals surface area contributed by atoms with Gasteiger partial charge in [0.25, 0.3) is 5.91 Å². The zero-order chi connectivity index (χ0) is 19.4. The number of carbonyl (C=O) groups is 2. The third-order valence-electron chi connectivity index (χ3n) is 4.22. The molecule has 3 rings (SSSR count). The molecule has 27 heavy (non-hydrogen) atoms. The van der Waals surface area contributed by atoms with Crippen LogP contribution >= 0.6 is 23.4 Å². The van der Waals surface area contributed by atoms with E-state index >= 15 is 0 Å². The number of amides is 1. The van der Waals surface area contributed by atoms with E-state index < -0.39 is 6.04 Å². The standard InChI is InChI=1S/C21H22ClNO3S/c1-14(2)12-26-21(25)18-13-27-20(15-7-4-3-5-8-15)23(18)19(24)16-9-6-10-17(22)11-16/h3-11,14,18,20H,12-13H2,1-2H3/t18-,20+/m0/s1. The van der Waals surface area contributed by atoms with Crippen molar-refractivity contribution in [2.24, 2.45) is 5.92 Å². The van der Waals surface area contributed by atoms with Crippen molar-refractivity contribution >= 4 is 35.2 Å². The van der Waals surface area contributed by atoms with Crippen LogP contribution in [0.2, 0.25) is 5.02 Å². The summed E-state index contributed by atoms with van der Waals surface area (Å²) < 4.78 is 5.44. The van der Waals surface area contributed by atoms with Gasteiger partial charge in [-0.25, -0.2) is 4.79 Å². The Morgan fingerprint density at radius 1 is 1.19 bits per heavy atom. The minimum atomic E-state index is -0.620. The number of hydrogen-bond donors (Lipinski definition) is 0. The molecule has 0 saturated carbocycles. The predicted octanol–water partition coefficient (Wildman–Crippen LogP) is 4.80. The molecule has 0 unspecified atom stereocenters. The lowest BCUT2D eigenvalue weighted by Crippen LogP contribution is -2.44. The summed E-state index contributed by atoms with van der Waals surface area (Å²) in [6.07, 6.45) is 0. The number of nitrogens with zero attached hydrogens (tertiary/aromatic N) is 1. The number of esters is 1. The normalized spacial score (nSPS) is 19.3. The largest absolute Gasteiger partial charge is 0.464 e. The summed E-state index contributed by atoms with van der Waals surface area (Å²) in [6.45, 7) is 4.31. The summed E-state index contributed by atoms with van der Waals surface area (Å²) in [6, 6.07) is 15.9. The van der Waals surface area contributed by atoms with Crippen molar-refractivity contribution in [2.75, 3.05) is 12.4 Å². The van der Waals surface area contributed by atoms with Crippen molar-refractivity contribution in [3.8, 4) is 0 Å². The second kappa shape index (κ2) is 8.81. The molecule has 2 aromatic carbocycles. The molecule has 1 aliphatic rings. The maximum absolute atomic E-state index is 13.3. The van der Waals surface area contributed by atoms with Crippen LogP contribution in [0, 0.1) is 5.92 Å². The van der Waals surface area contributed by atoms with Gasteiger partial charge in [0.05, 0.1) is 6.61 Å². The van der Waals surface area contributed by atoms with Crippen LogP contribution in [-0.2, 0) is 9.53 Å². The number of ether oxygens (including phenoxy) is 1. The van der Waals surface area contributed by atoms with Crippen LogP contribution in [0.5, 0.6) is 0 Å². The van der Waals surface area contributed by atoms with Crippen LogP contribution in [0.15, 0.2) is 54.6 Å². The number of thioether (sulfide) groups is 1. The van der Waals surface area contributed by atoms with E-state index in [1.807, 2.05) is 44.2 Å². The molecule has 1 aliphatic heterocycles. The van der Waals surface area contributed by atoms with E-state index in [0.29, 0.717) is 22.9 Å². The molecular formula is C21H22ClNO3S. The Labute approximate surface area is 168 Å². The first-order chi connectivity index (χ1) is 13.0. The van der Waals surface area contributed by atoms with Gasteiger partial charge in [-0.2, -0.15) is 0 Å². The molecule has 0 aromatic heterocycles. The molecule has 0 spiro atoms. The highest BCUT2D eigenvalue weighted by atomic mass is 35.5. The fourth-order valence-electron chi connectivity index (χ4n) is 2.93. The van der Waals surface area contributed by atoms with Crippen LogP contribution in [0.4, 0.5) is 0 Å². The van der Waals surface area contributed by atoms with Crippen molar-refractivity contribution in [3.63, 3.8) is 0 Å². The van der Waals surface area contributed by atoms with Crippen LogP contribution < -0.4 is 0 Å². The Morgan fingerprint density at radius 2 is 1.93 bits per heavy atom. The first kappa shape index (κ1) is 19.8. The average Bonchev–Trinajstić information content (AvgIpc) is 3.11. The third kappa shape index (κ3) is 4.66. The fraction of sp³-hybridized carbons (Fsp3) is 0.333. The lowest BCUT2D eigenvalue weighted by atomic mass is 10.1. The van der Waals surface area contributed by atoms with Crippen LogP contribution in [0.1, 0.15) is 35.1 Å². The smallest absolute Gasteiger partial charge is 0.329 e. The van der Waals surface area contributed by atoms with Gasteiger partial charge >= 0.3 is 5.97 Å². The monoisotopic (exact) mass is 403 g/mol. The van der Waals surface area contributed by atoms with E-state index in [4.69, 9.17) is 16.3 Å². The van der Waals surface area contributed by atoms with Gasteiger partial charge in [0.1, 0.15) is 11.4 Å². The van der Waals surface area contributed by atoms with E-state index in [2.05, 4.69) is 0 Å². The molecule has 0 radical (unpaired) electrons. The van der Waals surface area contributed by atoms with Gasteiger partial charge in [-0.05, 0) is 29.7 Å². The molecular weight excluding hydrogens is 382 g/mol. The number of hydrogen-bond acceptors (Lipinski definition) is 4. The Morgan fingerprint density at radius 3 is 2.59 bits per heavy atom. The van der Waals surface area contributed by atoms with Crippen molar-refractivity contribution in [1.82, 2.24) is 4.90 Å². The summed E-state index contributed by atoms with van der Waals surface area (Å²) in [5.41, 5.74) is 1.45. The molecule has 0 N–H and O–H groups in total. The van der Waals surface area contributed by atoms with E-state index in [9.17, 15) is 9.59 Å². The highest BCUT2D eigenvalue weighted by Crippen LogP contribution is 2.42. The summed E-state index contributed by atoms with van der Waals surface area (Å²) in [5.74, 6) is 0.167. The van der Waals surface area contributed by atoms with Crippen LogP contribution in [0.25, 0.3) is 0 Å². The van der Waals surface area contributed by atoms with Gasteiger partial charge in [-0.3, -0.25) is 4.79 Å². The minimum absolute atomic E-state index is 0.220. The minimum Gasteiger partial charge on any atom is -0.464 e. The molecule has 2 aromatic rings. The van der Waals surface area contributed by atoms with E-state index in [1.54, 1.807) is 40.9 Å². The first-order valence-electron chi connectivity index (χ1n) is 8.89. The second-order valence-corrected chi connectivity index (χ2v) is 8.41. The summed E-state index contributed by atoms with van der Waals surface area (Å²) >= 11 is 7.64. The Bertz CT molecular complexity index is 812. The zero-order valence-electron chi connectivity index (χ0n) is 15.3. The first-order valence-corrected chi connectivity index (χ1v) is 10.3. The van der Waals surface area contributed by atoms with Crippen molar-refractivity contribution in [3.05, 3.63) is 70.7 Å². The topological polar surface area (TPSA) is 46.6 Å². The van der Waals surface area contributed by atoms with E-state index in [-0.39, 0.29) is 23.2 Å². The lowest BCUT2D eigenvalue weighted by Gasteiger charge is -2.29. The summed E-state index contributed by atoms with van der Waals surface area (Å²) in [5, 5.41) is 0.247. The number of carbonyl (C=O) groups excluding carboxylic acids is 2. The van der Waals surface area contributed by atoms with Gasteiger partial charge < -0.3 is 9.64 Å². The molecule has 1 saturated heterocycles. The van der Waals surface area contributed by atoms with Gasteiger partial charge in [0.2, 0.25) is 0 Å². The fourth-order valence-corrected chi connectivity index (χ4v) is 4.53. The quantitative estimate of drug-likeness (QED) is 0.673. The van der Waals surface area contributed by atoms with Crippen molar-refractivity contribution in [1.29, 1.82) is 0 Å². The SMILES string of the molecule is CC(C)COC(=O)[C@@H]1CS[C@H](c2ccccc2)N1C(=O)c1cccc(Cl)c1. The highest BCUT2D eigenvalue weighted by Gasteiger charge is 2.43. The van der Waals surface area contributed by atoms with Crippen LogP contribution in [0.3, 0.4) is 0 Å². The molecule has 142 valence electrons. The van der Waals surface area contributed by atoms with Gasteiger partial charge in [-0.15, -0.1) is 11.8 Å². The Kier molecular flexibility index (Phi) is 6.45. The van der Waals surface area contributed by atoms with Crippen molar-refractivity contribution < 1.29 is 14.3 Å². The molecule has 1 heterocycles. The van der Waals surface area contributed by atoms with Gasteiger partial charge in [0, 0.05) is 16.3 Å². The Hall–Kier alpha value is -1.98. The predicted molar refractivity (Wildman–Crippen MR) is 109 cm³/mol. The van der Waals surface area contributed by atoms with Crippen LogP contribution in [-0.4, -0.2) is 35.2 Å². The van der Waals surface area contributed by atoms with Crippen molar-refractivity contribution in [2.45, 2.75) is 25.3 Å². The summed E-state index contributed by atoms with van der Waals surface area (Å²) in [4.78, 5) is 27.6. The van der Waals surface area contributed by atoms with Gasteiger partial charge in [-0.1, -0.05) is 61.8 Å². The molecule has 2 atom stereocenters. The molecule has 6 heteroatoms.